The molecule has 0 fully saturated rings. The first-order chi connectivity index (χ1) is 16.2. The highest BCUT2D eigenvalue weighted by Crippen LogP contribution is 2.34. The largest absolute Gasteiger partial charge is 0.477 e. The summed E-state index contributed by atoms with van der Waals surface area (Å²) in [6.07, 6.45) is 1.85. The first-order valence-corrected chi connectivity index (χ1v) is 11.0. The Kier molecular flexibility index (Phi) is 5.52. The second kappa shape index (κ2) is 8.78. The van der Waals surface area contributed by atoms with Crippen LogP contribution >= 0.6 is 0 Å². The van der Waals surface area contributed by atoms with E-state index in [9.17, 15) is 9.59 Å². The Balaban J connectivity index is 1.42. The van der Waals surface area contributed by atoms with E-state index in [1.165, 1.54) is 0 Å². The molecule has 0 saturated heterocycles. The highest BCUT2D eigenvalue weighted by Gasteiger charge is 2.34. The smallest absolute Gasteiger partial charge is 0.262 e. The molecule has 1 aliphatic rings. The number of nitrogens with one attached hydrogen (secondary N) is 1. The number of anilines is 1. The zero-order chi connectivity index (χ0) is 22.8. The van der Waals surface area contributed by atoms with Crippen molar-refractivity contribution in [2.45, 2.75) is 19.4 Å². The Bertz CT molecular complexity index is 1310. The highest BCUT2D eigenvalue weighted by atomic mass is 16.5. The number of para-hydroxylation sites is 4. The molecule has 0 aliphatic carbocycles. The molecule has 1 aromatic heterocycles. The fourth-order valence-corrected chi connectivity index (χ4v) is 4.01. The van der Waals surface area contributed by atoms with Gasteiger partial charge < -0.3 is 15.0 Å². The molecule has 0 bridgehead atoms. The van der Waals surface area contributed by atoms with Crippen molar-refractivity contribution >= 4 is 28.5 Å². The summed E-state index contributed by atoms with van der Waals surface area (Å²) in [6.45, 7) is 2.71. The van der Waals surface area contributed by atoms with Gasteiger partial charge in [0, 0.05) is 17.8 Å². The van der Waals surface area contributed by atoms with Crippen molar-refractivity contribution in [3.8, 4) is 11.4 Å². The topological polar surface area (TPSA) is 76.5 Å². The summed E-state index contributed by atoms with van der Waals surface area (Å²) in [6, 6.07) is 22.6. The van der Waals surface area contributed by atoms with Crippen LogP contribution in [0.3, 0.4) is 0 Å². The van der Waals surface area contributed by atoms with Gasteiger partial charge in [0.25, 0.3) is 11.8 Å². The Morgan fingerprint density at radius 2 is 1.79 bits per heavy atom. The molecule has 1 atom stereocenters. The van der Waals surface area contributed by atoms with Gasteiger partial charge in [-0.1, -0.05) is 31.2 Å². The van der Waals surface area contributed by atoms with E-state index in [-0.39, 0.29) is 18.4 Å². The number of aromatic nitrogens is 2. The third kappa shape index (κ3) is 3.93. The van der Waals surface area contributed by atoms with Crippen molar-refractivity contribution in [1.82, 2.24) is 14.9 Å². The molecule has 0 saturated carbocycles. The first-order valence-electron chi connectivity index (χ1n) is 11.0. The molecule has 166 valence electrons. The number of rotatable bonds is 5. The average molecular weight is 441 g/mol. The second-order valence-corrected chi connectivity index (χ2v) is 7.93. The third-order valence-electron chi connectivity index (χ3n) is 5.71. The van der Waals surface area contributed by atoms with Crippen LogP contribution in [0.5, 0.6) is 5.75 Å². The summed E-state index contributed by atoms with van der Waals surface area (Å²) >= 11 is 0. The number of imidazole rings is 1. The summed E-state index contributed by atoms with van der Waals surface area (Å²) in [4.78, 5) is 32.1. The zero-order valence-electron chi connectivity index (χ0n) is 18.3. The minimum Gasteiger partial charge on any atom is -0.477 e. The molecule has 1 aliphatic heterocycles. The SMILES string of the molecule is CCCNC(=O)C1CN(C(=O)c2ccc(-n3cnc4ccccc43)cc2)c2ccccc2O1. The van der Waals surface area contributed by atoms with Gasteiger partial charge in [0.1, 0.15) is 12.1 Å². The maximum atomic E-state index is 13.5. The minimum absolute atomic E-state index is 0.152. The van der Waals surface area contributed by atoms with Crippen molar-refractivity contribution in [3.05, 3.63) is 84.7 Å². The average Bonchev–Trinajstić information content (AvgIpc) is 3.30. The quantitative estimate of drug-likeness (QED) is 0.510. The van der Waals surface area contributed by atoms with Crippen LogP contribution in [0.25, 0.3) is 16.7 Å². The fraction of sp³-hybridized carbons (Fsp3) is 0.192. The van der Waals surface area contributed by atoms with Crippen LogP contribution in [0.15, 0.2) is 79.1 Å². The van der Waals surface area contributed by atoms with Crippen LogP contribution in [0.1, 0.15) is 23.7 Å². The van der Waals surface area contributed by atoms with Gasteiger partial charge in [-0.25, -0.2) is 4.98 Å². The Morgan fingerprint density at radius 3 is 2.61 bits per heavy atom. The normalized spacial score (nSPS) is 15.1. The predicted molar refractivity (Wildman–Crippen MR) is 127 cm³/mol. The summed E-state index contributed by atoms with van der Waals surface area (Å²) in [5, 5.41) is 2.86. The Labute approximate surface area is 191 Å². The number of hydrogen-bond acceptors (Lipinski definition) is 4. The molecule has 5 rings (SSSR count). The van der Waals surface area contributed by atoms with Gasteiger partial charge >= 0.3 is 0 Å². The first kappa shape index (κ1) is 20.8. The maximum absolute atomic E-state index is 13.5. The van der Waals surface area contributed by atoms with Gasteiger partial charge in [0.05, 0.1) is 23.3 Å². The van der Waals surface area contributed by atoms with Crippen molar-refractivity contribution in [2.75, 3.05) is 18.0 Å². The van der Waals surface area contributed by atoms with Crippen LogP contribution < -0.4 is 15.0 Å². The summed E-state index contributed by atoms with van der Waals surface area (Å²) < 4.78 is 7.89. The number of ether oxygens (including phenoxy) is 1. The van der Waals surface area contributed by atoms with E-state index in [4.69, 9.17) is 4.74 Å². The molecule has 2 heterocycles. The van der Waals surface area contributed by atoms with Crippen molar-refractivity contribution < 1.29 is 14.3 Å². The monoisotopic (exact) mass is 440 g/mol. The van der Waals surface area contributed by atoms with Crippen molar-refractivity contribution in [1.29, 1.82) is 0 Å². The molecule has 3 aromatic carbocycles. The van der Waals surface area contributed by atoms with Crippen molar-refractivity contribution in [3.63, 3.8) is 0 Å². The number of nitrogens with zero attached hydrogens (tertiary/aromatic N) is 3. The lowest BCUT2D eigenvalue weighted by atomic mass is 10.1. The van der Waals surface area contributed by atoms with Gasteiger partial charge in [-0.2, -0.15) is 0 Å². The lowest BCUT2D eigenvalue weighted by Crippen LogP contribution is -2.50. The fourth-order valence-electron chi connectivity index (χ4n) is 4.01. The number of amides is 2. The number of carbonyl (C=O) groups is 2. The predicted octanol–water partition coefficient (Wildman–Crippen LogP) is 3.96. The van der Waals surface area contributed by atoms with Crippen LogP contribution in [0.4, 0.5) is 5.69 Å². The van der Waals surface area contributed by atoms with Crippen LogP contribution in [-0.2, 0) is 4.79 Å². The van der Waals surface area contributed by atoms with Gasteiger partial charge in [-0.05, 0) is 55.0 Å². The van der Waals surface area contributed by atoms with Crippen LogP contribution in [0.2, 0.25) is 0 Å². The minimum atomic E-state index is -0.757. The molecule has 0 spiro atoms. The van der Waals surface area contributed by atoms with E-state index in [0.29, 0.717) is 23.5 Å². The molecule has 33 heavy (non-hydrogen) atoms. The number of hydrogen-bond donors (Lipinski definition) is 1. The van der Waals surface area contributed by atoms with Gasteiger partial charge in [0.2, 0.25) is 0 Å². The molecular weight excluding hydrogens is 416 g/mol. The molecule has 4 aromatic rings. The summed E-state index contributed by atoms with van der Waals surface area (Å²) in [5.41, 5.74) is 4.02. The standard InChI is InChI=1S/C26H24N4O3/c1-2-15-27-25(31)24-16-29(22-9-5-6-10-23(22)33-24)26(32)18-11-13-19(14-12-18)30-17-28-20-7-3-4-8-21(20)30/h3-14,17,24H,2,15-16H2,1H3,(H,27,31). The van der Waals surface area contributed by atoms with E-state index in [0.717, 1.165) is 23.1 Å². The lowest BCUT2D eigenvalue weighted by Gasteiger charge is -2.34. The maximum Gasteiger partial charge on any atom is 0.262 e. The zero-order valence-corrected chi connectivity index (χ0v) is 18.3. The van der Waals surface area contributed by atoms with E-state index in [1.807, 2.05) is 66.1 Å². The van der Waals surface area contributed by atoms with E-state index >= 15 is 0 Å². The van der Waals surface area contributed by atoms with Crippen LogP contribution in [-0.4, -0.2) is 40.6 Å². The summed E-state index contributed by atoms with van der Waals surface area (Å²) in [7, 11) is 0. The molecular formula is C26H24N4O3. The molecule has 2 amide bonds. The van der Waals surface area contributed by atoms with E-state index in [2.05, 4.69) is 10.3 Å². The molecule has 1 N–H and O–H groups in total. The van der Waals surface area contributed by atoms with Gasteiger partial charge in [0.15, 0.2) is 6.10 Å². The van der Waals surface area contributed by atoms with E-state index in [1.54, 1.807) is 29.4 Å². The molecule has 0 radical (unpaired) electrons. The summed E-state index contributed by atoms with van der Waals surface area (Å²) in [5.74, 6) is 0.128. The third-order valence-corrected chi connectivity index (χ3v) is 5.71. The molecule has 7 nitrogen and oxygen atoms in total. The second-order valence-electron chi connectivity index (χ2n) is 7.93. The van der Waals surface area contributed by atoms with Crippen LogP contribution in [0, 0.1) is 0 Å². The van der Waals surface area contributed by atoms with Gasteiger partial charge in [-0.3, -0.25) is 14.2 Å². The molecule has 7 heteroatoms. The number of fused-ring (bicyclic) bond motifs is 2. The number of carbonyl (C=O) groups excluding carboxylic acids is 2. The van der Waals surface area contributed by atoms with E-state index < -0.39 is 6.10 Å². The Hall–Kier alpha value is -4.13. The Morgan fingerprint density at radius 1 is 1.03 bits per heavy atom. The molecule has 1 unspecified atom stereocenters. The van der Waals surface area contributed by atoms with Crippen molar-refractivity contribution in [2.24, 2.45) is 0 Å². The van der Waals surface area contributed by atoms with Gasteiger partial charge in [-0.15, -0.1) is 0 Å². The lowest BCUT2D eigenvalue weighted by molar-refractivity contribution is -0.127. The highest BCUT2D eigenvalue weighted by molar-refractivity contribution is 6.08. The number of benzene rings is 3.